The summed E-state index contributed by atoms with van der Waals surface area (Å²) in [5.74, 6) is 0.705. The third-order valence-corrected chi connectivity index (χ3v) is 6.97. The van der Waals surface area contributed by atoms with Crippen LogP contribution in [0.4, 0.5) is 20.4 Å². The number of hydrogen-bond acceptors (Lipinski definition) is 9. The van der Waals surface area contributed by atoms with Crippen molar-refractivity contribution in [1.29, 1.82) is 0 Å². The second-order valence-corrected chi connectivity index (χ2v) is 9.92. The summed E-state index contributed by atoms with van der Waals surface area (Å²) in [7, 11) is -2.85. The number of fused-ring (bicyclic) bond motifs is 1. The predicted molar refractivity (Wildman–Crippen MR) is 145 cm³/mol. The van der Waals surface area contributed by atoms with E-state index in [4.69, 9.17) is 25.4 Å². The lowest BCUT2D eigenvalue weighted by Crippen LogP contribution is -2.37. The molecule has 1 unspecified atom stereocenters. The number of thiol groups is 1. The van der Waals surface area contributed by atoms with E-state index in [0.29, 0.717) is 66.1 Å². The summed E-state index contributed by atoms with van der Waals surface area (Å²) in [6.45, 7) is 3.94. The minimum Gasteiger partial charge on any atom is -0.383 e. The van der Waals surface area contributed by atoms with E-state index in [1.807, 2.05) is 17.9 Å². The van der Waals surface area contributed by atoms with E-state index >= 15 is 4.39 Å². The van der Waals surface area contributed by atoms with Gasteiger partial charge in [0.15, 0.2) is 11.6 Å². The van der Waals surface area contributed by atoms with Gasteiger partial charge in [0.25, 0.3) is 0 Å². The second kappa shape index (κ2) is 11.5. The number of anilines is 2. The van der Waals surface area contributed by atoms with Gasteiger partial charge >= 0.3 is 0 Å². The molecule has 0 spiro atoms. The van der Waals surface area contributed by atoms with Gasteiger partial charge in [0.2, 0.25) is 10.9 Å². The van der Waals surface area contributed by atoms with Gasteiger partial charge in [-0.25, -0.2) is 41.9 Å². The molecule has 4 aromatic rings. The monoisotopic (exact) mass is 555 g/mol. The molecular formula is C26H27F2N7O3S. The number of nitrogens with zero attached hydrogens (tertiary/aromatic N) is 5. The average Bonchev–Trinajstić information content (AvgIpc) is 2.94. The highest BCUT2D eigenvalue weighted by molar-refractivity contribution is 7.70. The smallest absolute Gasteiger partial charge is 0.201 e. The first-order valence-corrected chi connectivity index (χ1v) is 13.5. The molecule has 1 fully saturated rings. The van der Waals surface area contributed by atoms with Gasteiger partial charge in [-0.3, -0.25) is 0 Å². The average molecular weight is 556 g/mol. The molecule has 10 nitrogen and oxygen atoms in total. The fourth-order valence-electron chi connectivity index (χ4n) is 4.41. The number of alkyl halides is 1. The second-order valence-electron chi connectivity index (χ2n) is 9.09. The normalized spacial score (nSPS) is 14.7. The van der Waals surface area contributed by atoms with Crippen molar-refractivity contribution in [3.63, 3.8) is 0 Å². The summed E-state index contributed by atoms with van der Waals surface area (Å²) in [5, 5.41) is 0. The standard InChI is InChI=1S/C26H27F2N7O3S/c1-15-13-16(14-30-24(15)29)25-33-21-6-5-20(32-23(21)26(34-25)35-9-11-38-12-10-35)18-4-2-3-17(22(18)28)19(27)7-8-31-39(36)37/h2-6,13-14,19,39H,7-12H2,1H3,(H2,29,30)(H,31,36,37). The van der Waals surface area contributed by atoms with Crippen LogP contribution in [0.3, 0.4) is 0 Å². The van der Waals surface area contributed by atoms with E-state index in [1.165, 1.54) is 12.1 Å². The van der Waals surface area contributed by atoms with E-state index in [1.54, 1.807) is 24.4 Å². The first kappa shape index (κ1) is 26.8. The molecule has 1 saturated heterocycles. The lowest BCUT2D eigenvalue weighted by molar-refractivity contribution is 0.122. The number of ether oxygens (including phenoxy) is 1. The molecule has 4 heterocycles. The Labute approximate surface area is 225 Å². The largest absolute Gasteiger partial charge is 0.383 e. The summed E-state index contributed by atoms with van der Waals surface area (Å²) in [6, 6.07) is 9.66. The van der Waals surface area contributed by atoms with E-state index in [2.05, 4.69) is 9.71 Å². The van der Waals surface area contributed by atoms with Crippen LogP contribution in [0, 0.1) is 12.7 Å². The van der Waals surface area contributed by atoms with Crippen molar-refractivity contribution in [1.82, 2.24) is 24.7 Å². The number of hydrogen-bond donors (Lipinski definition) is 3. The highest BCUT2D eigenvalue weighted by Crippen LogP contribution is 2.33. The van der Waals surface area contributed by atoms with Crippen molar-refractivity contribution in [2.75, 3.05) is 43.5 Å². The van der Waals surface area contributed by atoms with Crippen molar-refractivity contribution in [2.24, 2.45) is 0 Å². The molecule has 1 aliphatic rings. The summed E-state index contributed by atoms with van der Waals surface area (Å²) in [6.07, 6.45) is -0.279. The summed E-state index contributed by atoms with van der Waals surface area (Å²) in [4.78, 5) is 20.5. The number of aryl methyl sites for hydroxylation is 1. The molecule has 0 aliphatic carbocycles. The highest BCUT2D eigenvalue weighted by Gasteiger charge is 2.22. The van der Waals surface area contributed by atoms with Crippen LogP contribution in [0.2, 0.25) is 0 Å². The molecule has 0 bridgehead atoms. The topological polar surface area (TPSA) is 136 Å². The zero-order valence-corrected chi connectivity index (χ0v) is 22.0. The molecule has 0 amide bonds. The Morgan fingerprint density at radius 1 is 1.15 bits per heavy atom. The summed E-state index contributed by atoms with van der Waals surface area (Å²) < 4.78 is 59.4. The maximum Gasteiger partial charge on any atom is 0.201 e. The zero-order chi connectivity index (χ0) is 27.5. The number of nitrogen functional groups attached to an aromatic ring is 1. The van der Waals surface area contributed by atoms with Crippen LogP contribution >= 0.6 is 0 Å². The molecule has 13 heteroatoms. The van der Waals surface area contributed by atoms with Crippen LogP contribution in [0.1, 0.15) is 23.7 Å². The fraction of sp³-hybridized carbons (Fsp3) is 0.308. The van der Waals surface area contributed by atoms with Gasteiger partial charge in [0, 0.05) is 42.5 Å². The Hall–Kier alpha value is -3.81. The molecule has 0 radical (unpaired) electrons. The van der Waals surface area contributed by atoms with Gasteiger partial charge in [0.05, 0.1) is 24.4 Å². The van der Waals surface area contributed by atoms with Crippen LogP contribution in [-0.2, 0) is 15.6 Å². The van der Waals surface area contributed by atoms with Gasteiger partial charge in [0.1, 0.15) is 23.3 Å². The number of nitrogens with two attached hydrogens (primary N) is 1. The van der Waals surface area contributed by atoms with Gasteiger partial charge in [-0.05, 0) is 43.2 Å². The van der Waals surface area contributed by atoms with Crippen LogP contribution in [0.5, 0.6) is 0 Å². The van der Waals surface area contributed by atoms with E-state index in [9.17, 15) is 12.8 Å². The first-order valence-electron chi connectivity index (χ1n) is 12.4. The molecule has 0 saturated carbocycles. The van der Waals surface area contributed by atoms with E-state index < -0.39 is 22.9 Å². The number of pyridine rings is 2. The van der Waals surface area contributed by atoms with Crippen molar-refractivity contribution >= 4 is 33.6 Å². The SMILES string of the molecule is Cc1cc(-c2nc(N3CCOCC3)c3nc(-c4cccc(C(F)CCN[SH](=O)=O)c4F)ccc3n2)cnc1N. The van der Waals surface area contributed by atoms with E-state index in [0.717, 1.165) is 5.56 Å². The first-order chi connectivity index (χ1) is 18.8. The fourth-order valence-corrected chi connectivity index (χ4v) is 4.72. The molecule has 1 aromatic carbocycles. The van der Waals surface area contributed by atoms with E-state index in [-0.39, 0.29) is 24.1 Å². The van der Waals surface area contributed by atoms with Gasteiger partial charge in [-0.2, -0.15) is 0 Å². The molecule has 3 aromatic heterocycles. The Morgan fingerprint density at radius 3 is 2.69 bits per heavy atom. The van der Waals surface area contributed by atoms with Gasteiger partial charge in [-0.1, -0.05) is 12.1 Å². The maximum atomic E-state index is 15.5. The van der Waals surface area contributed by atoms with Crippen LogP contribution < -0.4 is 15.4 Å². The molecule has 1 aliphatic heterocycles. The third kappa shape index (κ3) is 5.79. The van der Waals surface area contributed by atoms with Crippen molar-refractivity contribution in [2.45, 2.75) is 19.5 Å². The highest BCUT2D eigenvalue weighted by atomic mass is 32.2. The lowest BCUT2D eigenvalue weighted by atomic mass is 10.0. The van der Waals surface area contributed by atoms with Crippen molar-refractivity contribution in [3.05, 3.63) is 59.5 Å². The van der Waals surface area contributed by atoms with Crippen LogP contribution in [0.25, 0.3) is 33.7 Å². The zero-order valence-electron chi connectivity index (χ0n) is 21.1. The molecule has 3 N–H and O–H groups in total. The maximum absolute atomic E-state index is 15.5. The van der Waals surface area contributed by atoms with Gasteiger partial charge in [-0.15, -0.1) is 0 Å². The van der Waals surface area contributed by atoms with Crippen LogP contribution in [-0.4, -0.2) is 61.2 Å². The predicted octanol–water partition coefficient (Wildman–Crippen LogP) is 3.14. The molecule has 39 heavy (non-hydrogen) atoms. The van der Waals surface area contributed by atoms with Crippen molar-refractivity contribution < 1.29 is 21.9 Å². The number of morpholine rings is 1. The van der Waals surface area contributed by atoms with Gasteiger partial charge < -0.3 is 15.4 Å². The Morgan fingerprint density at radius 2 is 1.95 bits per heavy atom. The van der Waals surface area contributed by atoms with Crippen molar-refractivity contribution in [3.8, 4) is 22.6 Å². The minimum absolute atomic E-state index is 0.121. The summed E-state index contributed by atoms with van der Waals surface area (Å²) >= 11 is 0. The number of nitrogens with one attached hydrogen (secondary N) is 1. The summed E-state index contributed by atoms with van der Waals surface area (Å²) in [5.41, 5.74) is 8.67. The Balaban J connectivity index is 1.58. The molecular weight excluding hydrogens is 528 g/mol. The number of aromatic nitrogens is 4. The lowest BCUT2D eigenvalue weighted by Gasteiger charge is -2.28. The molecule has 1 atom stereocenters. The quantitative estimate of drug-likeness (QED) is 0.280. The Kier molecular flexibility index (Phi) is 7.91. The molecule has 204 valence electrons. The minimum atomic E-state index is -2.85. The molecule has 5 rings (SSSR count). The van der Waals surface area contributed by atoms with Crippen LogP contribution in [0.15, 0.2) is 42.6 Å². The third-order valence-electron chi connectivity index (χ3n) is 6.49. The number of rotatable bonds is 8. The number of halogens is 2. The Bertz CT molecular complexity index is 1590. The number of benzene rings is 1.